The monoisotopic (exact) mass is 273 g/mol. The average Bonchev–Trinajstić information content (AvgIpc) is 2.93. The lowest BCUT2D eigenvalue weighted by Gasteiger charge is -2.16. The molecule has 1 aromatic carbocycles. The smallest absolute Gasteiger partial charge is 0.173 e. The summed E-state index contributed by atoms with van der Waals surface area (Å²) in [7, 11) is 0. The van der Waals surface area contributed by atoms with Crippen molar-refractivity contribution >= 4 is 0 Å². The van der Waals surface area contributed by atoms with Gasteiger partial charge in [-0.1, -0.05) is 32.0 Å². The zero-order chi connectivity index (χ0) is 14.5. The first-order chi connectivity index (χ1) is 9.69. The molecule has 2 aromatic rings. The van der Waals surface area contributed by atoms with E-state index in [0.29, 0.717) is 0 Å². The van der Waals surface area contributed by atoms with Crippen molar-refractivity contribution in [3.8, 4) is 5.69 Å². The normalized spacial score (nSPS) is 12.6. The first-order valence-corrected chi connectivity index (χ1v) is 7.29. The molecule has 2 rings (SSSR count). The standard InChI is InChI=1S/C15H23N5/c1-5-10-16-12(4)15-17-18-19-20(15)14-11(3)8-7-9-13(14)6-2/h7-9,12,16H,5-6,10H2,1-4H3. The Labute approximate surface area is 120 Å². The second-order valence-electron chi connectivity index (χ2n) is 5.06. The summed E-state index contributed by atoms with van der Waals surface area (Å²) in [6, 6.07) is 6.46. The van der Waals surface area contributed by atoms with Gasteiger partial charge in [0.05, 0.1) is 11.7 Å². The molecule has 1 N–H and O–H groups in total. The molecule has 1 atom stereocenters. The summed E-state index contributed by atoms with van der Waals surface area (Å²) in [4.78, 5) is 0. The average molecular weight is 273 g/mol. The minimum Gasteiger partial charge on any atom is -0.307 e. The van der Waals surface area contributed by atoms with Gasteiger partial charge in [0, 0.05) is 0 Å². The number of tetrazole rings is 1. The van der Waals surface area contributed by atoms with Crippen LogP contribution in [0.4, 0.5) is 0 Å². The van der Waals surface area contributed by atoms with Crippen LogP contribution in [-0.4, -0.2) is 26.8 Å². The van der Waals surface area contributed by atoms with E-state index in [-0.39, 0.29) is 6.04 Å². The van der Waals surface area contributed by atoms with Gasteiger partial charge < -0.3 is 5.32 Å². The Balaban J connectivity index is 2.42. The van der Waals surface area contributed by atoms with E-state index in [1.807, 2.05) is 4.68 Å². The number of benzene rings is 1. The maximum absolute atomic E-state index is 4.20. The van der Waals surface area contributed by atoms with Gasteiger partial charge in [0.1, 0.15) is 0 Å². The molecule has 0 fully saturated rings. The van der Waals surface area contributed by atoms with Crippen molar-refractivity contribution in [1.82, 2.24) is 25.5 Å². The van der Waals surface area contributed by atoms with Crippen molar-refractivity contribution < 1.29 is 0 Å². The number of aryl methyl sites for hydroxylation is 2. The Hall–Kier alpha value is -1.75. The first-order valence-electron chi connectivity index (χ1n) is 7.29. The largest absolute Gasteiger partial charge is 0.307 e. The van der Waals surface area contributed by atoms with Crippen LogP contribution in [0, 0.1) is 6.92 Å². The van der Waals surface area contributed by atoms with Crippen LogP contribution in [0.1, 0.15) is 50.2 Å². The van der Waals surface area contributed by atoms with E-state index in [0.717, 1.165) is 30.9 Å². The van der Waals surface area contributed by atoms with Crippen LogP contribution in [0.15, 0.2) is 18.2 Å². The van der Waals surface area contributed by atoms with Gasteiger partial charge in [0.15, 0.2) is 5.82 Å². The van der Waals surface area contributed by atoms with Crippen LogP contribution in [0.25, 0.3) is 5.69 Å². The van der Waals surface area contributed by atoms with Crippen LogP contribution in [-0.2, 0) is 6.42 Å². The van der Waals surface area contributed by atoms with Gasteiger partial charge in [-0.25, -0.2) is 0 Å². The zero-order valence-electron chi connectivity index (χ0n) is 12.7. The molecular weight excluding hydrogens is 250 g/mol. The van der Waals surface area contributed by atoms with Crippen molar-refractivity contribution in [2.75, 3.05) is 6.54 Å². The van der Waals surface area contributed by atoms with Gasteiger partial charge in [0.2, 0.25) is 0 Å². The summed E-state index contributed by atoms with van der Waals surface area (Å²) in [6.07, 6.45) is 2.06. The molecule has 1 heterocycles. The lowest BCUT2D eigenvalue weighted by atomic mass is 10.1. The number of hydrogen-bond donors (Lipinski definition) is 1. The third-order valence-electron chi connectivity index (χ3n) is 3.50. The van der Waals surface area contributed by atoms with E-state index in [9.17, 15) is 0 Å². The molecule has 5 nitrogen and oxygen atoms in total. The summed E-state index contributed by atoms with van der Waals surface area (Å²) in [5.74, 6) is 0.863. The van der Waals surface area contributed by atoms with Crippen molar-refractivity contribution in [3.63, 3.8) is 0 Å². The van der Waals surface area contributed by atoms with E-state index >= 15 is 0 Å². The van der Waals surface area contributed by atoms with Crippen LogP contribution in [0.3, 0.4) is 0 Å². The van der Waals surface area contributed by atoms with Crippen LogP contribution in [0.5, 0.6) is 0 Å². The molecule has 0 spiro atoms. The summed E-state index contributed by atoms with van der Waals surface area (Å²) < 4.78 is 1.88. The summed E-state index contributed by atoms with van der Waals surface area (Å²) in [5.41, 5.74) is 3.57. The van der Waals surface area contributed by atoms with E-state index in [4.69, 9.17) is 0 Å². The quantitative estimate of drug-likeness (QED) is 0.879. The first kappa shape index (κ1) is 14.7. The minimum atomic E-state index is 0.134. The topological polar surface area (TPSA) is 55.6 Å². The molecule has 108 valence electrons. The second-order valence-corrected chi connectivity index (χ2v) is 5.06. The number of para-hydroxylation sites is 1. The van der Waals surface area contributed by atoms with Crippen molar-refractivity contribution in [2.24, 2.45) is 0 Å². The highest BCUT2D eigenvalue weighted by atomic mass is 15.5. The van der Waals surface area contributed by atoms with Crippen LogP contribution < -0.4 is 5.32 Å². The van der Waals surface area contributed by atoms with Gasteiger partial charge in [-0.3, -0.25) is 0 Å². The zero-order valence-corrected chi connectivity index (χ0v) is 12.7. The fourth-order valence-electron chi connectivity index (χ4n) is 2.38. The van der Waals surface area contributed by atoms with Crippen LogP contribution in [0.2, 0.25) is 0 Å². The van der Waals surface area contributed by atoms with Gasteiger partial charge in [-0.2, -0.15) is 4.68 Å². The Morgan fingerprint density at radius 1 is 1.30 bits per heavy atom. The molecule has 1 unspecified atom stereocenters. The SMILES string of the molecule is CCCNC(C)c1nnnn1-c1c(C)cccc1CC. The fraction of sp³-hybridized carbons (Fsp3) is 0.533. The molecule has 0 aliphatic rings. The Morgan fingerprint density at radius 3 is 2.80 bits per heavy atom. The highest BCUT2D eigenvalue weighted by molar-refractivity contribution is 5.47. The molecule has 1 aromatic heterocycles. The minimum absolute atomic E-state index is 0.134. The number of hydrogen-bond acceptors (Lipinski definition) is 4. The van der Waals surface area contributed by atoms with E-state index in [1.54, 1.807) is 0 Å². The second kappa shape index (κ2) is 6.61. The Morgan fingerprint density at radius 2 is 2.10 bits per heavy atom. The molecule has 0 aliphatic carbocycles. The summed E-state index contributed by atoms with van der Waals surface area (Å²) in [6.45, 7) is 9.47. The predicted octanol–water partition coefficient (Wildman–Crippen LogP) is 2.59. The maximum Gasteiger partial charge on any atom is 0.173 e. The molecule has 0 amide bonds. The summed E-state index contributed by atoms with van der Waals surface area (Å²) >= 11 is 0. The fourth-order valence-corrected chi connectivity index (χ4v) is 2.38. The molecule has 0 bridgehead atoms. The highest BCUT2D eigenvalue weighted by Gasteiger charge is 2.18. The number of nitrogens with zero attached hydrogens (tertiary/aromatic N) is 4. The van der Waals surface area contributed by atoms with Gasteiger partial charge in [0.25, 0.3) is 0 Å². The Kier molecular flexibility index (Phi) is 4.84. The molecular formula is C15H23N5. The molecule has 0 aliphatic heterocycles. The van der Waals surface area contributed by atoms with Gasteiger partial charge >= 0.3 is 0 Å². The molecule has 0 saturated heterocycles. The van der Waals surface area contributed by atoms with E-state index in [2.05, 4.69) is 66.7 Å². The third-order valence-corrected chi connectivity index (χ3v) is 3.50. The van der Waals surface area contributed by atoms with Crippen molar-refractivity contribution in [3.05, 3.63) is 35.2 Å². The van der Waals surface area contributed by atoms with Gasteiger partial charge in [-0.15, -0.1) is 5.10 Å². The van der Waals surface area contributed by atoms with Crippen LogP contribution >= 0.6 is 0 Å². The maximum atomic E-state index is 4.20. The predicted molar refractivity (Wildman–Crippen MR) is 80.0 cm³/mol. The summed E-state index contributed by atoms with van der Waals surface area (Å²) in [5, 5.41) is 15.7. The van der Waals surface area contributed by atoms with Crippen molar-refractivity contribution in [1.29, 1.82) is 0 Å². The van der Waals surface area contributed by atoms with Gasteiger partial charge in [-0.05, 0) is 54.8 Å². The molecule has 0 radical (unpaired) electrons. The molecule has 0 saturated carbocycles. The lowest BCUT2D eigenvalue weighted by Crippen LogP contribution is -2.23. The number of aromatic nitrogens is 4. The Bertz CT molecular complexity index is 561. The highest BCUT2D eigenvalue weighted by Crippen LogP contribution is 2.22. The van der Waals surface area contributed by atoms with E-state index in [1.165, 1.54) is 11.1 Å². The number of rotatable bonds is 6. The van der Waals surface area contributed by atoms with Crippen molar-refractivity contribution in [2.45, 2.75) is 46.6 Å². The van der Waals surface area contributed by atoms with E-state index < -0.39 is 0 Å². The molecule has 20 heavy (non-hydrogen) atoms. The third kappa shape index (κ3) is 2.88. The lowest BCUT2D eigenvalue weighted by molar-refractivity contribution is 0.530. The number of nitrogens with one attached hydrogen (secondary N) is 1. The molecule has 5 heteroatoms.